The first-order valence-electron chi connectivity index (χ1n) is 4.64. The maximum Gasteiger partial charge on any atom is 0.231 e. The quantitative estimate of drug-likeness (QED) is 0.766. The highest BCUT2D eigenvalue weighted by Crippen LogP contribution is 2.08. The van der Waals surface area contributed by atoms with Crippen LogP contribution in [0.4, 0.5) is 10.3 Å². The van der Waals surface area contributed by atoms with Gasteiger partial charge in [-0.3, -0.25) is 9.44 Å². The standard InChI is InChI=1S/2C3H5N3O2S2/c2*1-10(7,8)6-3-4-2-5-9-3/h2*2H,1H3,(H,4,5,6). The molecule has 0 aliphatic rings. The van der Waals surface area contributed by atoms with Crippen molar-refractivity contribution in [2.24, 2.45) is 0 Å². The molecule has 0 aliphatic carbocycles. The molecule has 20 heavy (non-hydrogen) atoms. The lowest BCUT2D eigenvalue weighted by molar-refractivity contribution is 0.605. The second-order valence-corrected chi connectivity index (χ2v) is 8.30. The molecule has 2 N–H and O–H groups in total. The molecule has 0 aromatic carbocycles. The van der Waals surface area contributed by atoms with Crippen molar-refractivity contribution in [3.05, 3.63) is 12.7 Å². The Hall–Kier alpha value is -1.38. The average molecular weight is 358 g/mol. The first-order valence-corrected chi connectivity index (χ1v) is 9.97. The van der Waals surface area contributed by atoms with E-state index in [0.29, 0.717) is 10.3 Å². The summed E-state index contributed by atoms with van der Waals surface area (Å²) < 4.78 is 53.7. The second kappa shape index (κ2) is 6.87. The zero-order chi connectivity index (χ0) is 15.2. The molecule has 0 atom stereocenters. The van der Waals surface area contributed by atoms with E-state index in [-0.39, 0.29) is 0 Å². The fourth-order valence-corrected chi connectivity index (χ4v) is 3.28. The van der Waals surface area contributed by atoms with Crippen LogP contribution in [0, 0.1) is 0 Å². The molecule has 0 unspecified atom stereocenters. The molecule has 112 valence electrons. The smallest absolute Gasteiger partial charge is 0.231 e. The van der Waals surface area contributed by atoms with Gasteiger partial charge in [-0.1, -0.05) is 0 Å². The van der Waals surface area contributed by atoms with Crippen LogP contribution in [0.1, 0.15) is 0 Å². The van der Waals surface area contributed by atoms with Gasteiger partial charge in [0.2, 0.25) is 30.3 Å². The Morgan fingerprint density at radius 2 is 1.20 bits per heavy atom. The van der Waals surface area contributed by atoms with Gasteiger partial charge in [0.25, 0.3) is 0 Å². The molecule has 0 radical (unpaired) electrons. The van der Waals surface area contributed by atoms with Crippen molar-refractivity contribution in [2.75, 3.05) is 22.0 Å². The van der Waals surface area contributed by atoms with Gasteiger partial charge >= 0.3 is 0 Å². The number of rotatable bonds is 4. The Balaban J connectivity index is 0.000000200. The Labute approximate surface area is 123 Å². The molecule has 0 fully saturated rings. The minimum Gasteiger partial charge on any atom is -0.258 e. The second-order valence-electron chi connectivity index (χ2n) is 3.24. The van der Waals surface area contributed by atoms with Crippen LogP contribution < -0.4 is 9.44 Å². The summed E-state index contributed by atoms with van der Waals surface area (Å²) in [4.78, 5) is 7.24. The summed E-state index contributed by atoms with van der Waals surface area (Å²) in [6.45, 7) is 0. The van der Waals surface area contributed by atoms with Crippen molar-refractivity contribution in [2.45, 2.75) is 0 Å². The number of anilines is 2. The van der Waals surface area contributed by atoms with Crippen LogP contribution in [0.3, 0.4) is 0 Å². The molecular weight excluding hydrogens is 348 g/mol. The van der Waals surface area contributed by atoms with Crippen molar-refractivity contribution in [1.29, 1.82) is 0 Å². The van der Waals surface area contributed by atoms with E-state index >= 15 is 0 Å². The van der Waals surface area contributed by atoms with Gasteiger partial charge in [-0.25, -0.2) is 26.8 Å². The van der Waals surface area contributed by atoms with Gasteiger partial charge in [0.1, 0.15) is 12.7 Å². The van der Waals surface area contributed by atoms with E-state index < -0.39 is 20.0 Å². The number of nitrogens with zero attached hydrogens (tertiary/aromatic N) is 4. The highest BCUT2D eigenvalue weighted by molar-refractivity contribution is 7.92. The van der Waals surface area contributed by atoms with E-state index in [9.17, 15) is 16.8 Å². The van der Waals surface area contributed by atoms with Crippen molar-refractivity contribution in [3.8, 4) is 0 Å². The van der Waals surface area contributed by atoms with Gasteiger partial charge in [-0.15, -0.1) is 0 Å². The van der Waals surface area contributed by atoms with Gasteiger partial charge in [0.15, 0.2) is 0 Å². The molecule has 2 aromatic heterocycles. The molecule has 2 aromatic rings. The van der Waals surface area contributed by atoms with Crippen LogP contribution in [-0.2, 0) is 20.0 Å². The molecule has 2 rings (SSSR count). The summed E-state index contributed by atoms with van der Waals surface area (Å²) in [5.41, 5.74) is 0. The fraction of sp³-hybridized carbons (Fsp3) is 0.333. The third-order valence-electron chi connectivity index (χ3n) is 1.27. The zero-order valence-corrected chi connectivity index (χ0v) is 13.5. The van der Waals surface area contributed by atoms with E-state index in [2.05, 4.69) is 28.2 Å². The molecule has 0 amide bonds. The van der Waals surface area contributed by atoms with Gasteiger partial charge in [0.05, 0.1) is 12.5 Å². The van der Waals surface area contributed by atoms with E-state index in [4.69, 9.17) is 0 Å². The van der Waals surface area contributed by atoms with E-state index in [1.54, 1.807) is 0 Å². The third-order valence-corrected chi connectivity index (χ3v) is 3.81. The topological polar surface area (TPSA) is 144 Å². The molecule has 0 aliphatic heterocycles. The summed E-state index contributed by atoms with van der Waals surface area (Å²) in [6.07, 6.45) is 4.71. The van der Waals surface area contributed by atoms with Crippen molar-refractivity contribution >= 4 is 53.4 Å². The molecule has 0 saturated carbocycles. The minimum atomic E-state index is -3.19. The summed E-state index contributed by atoms with van der Waals surface area (Å²) in [7, 11) is -6.38. The van der Waals surface area contributed by atoms with Gasteiger partial charge in [0, 0.05) is 23.1 Å². The van der Waals surface area contributed by atoms with Crippen LogP contribution in [0.5, 0.6) is 0 Å². The SMILES string of the molecule is CS(=O)(=O)Nc1ncns1.CS(=O)(=O)Nc1ncns1. The number of nitrogens with one attached hydrogen (secondary N) is 2. The van der Waals surface area contributed by atoms with Crippen molar-refractivity contribution < 1.29 is 16.8 Å². The Morgan fingerprint density at radius 1 is 0.850 bits per heavy atom. The van der Waals surface area contributed by atoms with E-state index in [0.717, 1.165) is 35.6 Å². The van der Waals surface area contributed by atoms with Crippen molar-refractivity contribution in [3.63, 3.8) is 0 Å². The molecular formula is C6H10N6O4S4. The Kier molecular flexibility index (Phi) is 5.73. The van der Waals surface area contributed by atoms with Crippen LogP contribution in [-0.4, -0.2) is 48.1 Å². The minimum absolute atomic E-state index is 0.294. The van der Waals surface area contributed by atoms with Gasteiger partial charge < -0.3 is 0 Å². The predicted molar refractivity (Wildman–Crippen MR) is 76.8 cm³/mol. The fourth-order valence-electron chi connectivity index (χ4n) is 0.753. The normalized spacial score (nSPS) is 11.3. The van der Waals surface area contributed by atoms with E-state index in [1.165, 1.54) is 12.7 Å². The third kappa shape index (κ3) is 7.93. The van der Waals surface area contributed by atoms with Gasteiger partial charge in [-0.2, -0.15) is 8.75 Å². The van der Waals surface area contributed by atoms with Crippen LogP contribution >= 0.6 is 23.1 Å². The molecule has 2 heterocycles. The maximum absolute atomic E-state index is 10.5. The maximum atomic E-state index is 10.5. The lowest BCUT2D eigenvalue weighted by atomic mass is 11.2. The highest BCUT2D eigenvalue weighted by Gasteiger charge is 2.03. The lowest BCUT2D eigenvalue weighted by Gasteiger charge is -1.94. The number of hydrogen-bond acceptors (Lipinski definition) is 10. The molecule has 0 bridgehead atoms. The number of aromatic nitrogens is 4. The molecule has 0 saturated heterocycles. The highest BCUT2D eigenvalue weighted by atomic mass is 32.2. The number of hydrogen-bond donors (Lipinski definition) is 2. The largest absolute Gasteiger partial charge is 0.258 e. The first-order chi connectivity index (χ1) is 9.16. The number of sulfonamides is 2. The molecule has 14 heteroatoms. The summed E-state index contributed by atoms with van der Waals surface area (Å²) in [6, 6.07) is 0. The Bertz CT molecular complexity index is 643. The Morgan fingerprint density at radius 3 is 1.40 bits per heavy atom. The zero-order valence-electron chi connectivity index (χ0n) is 10.2. The van der Waals surface area contributed by atoms with Crippen LogP contribution in [0.25, 0.3) is 0 Å². The predicted octanol–water partition coefficient (Wildman–Crippen LogP) is -0.181. The van der Waals surface area contributed by atoms with Crippen LogP contribution in [0.15, 0.2) is 12.7 Å². The average Bonchev–Trinajstić information content (AvgIpc) is 2.87. The van der Waals surface area contributed by atoms with Gasteiger partial charge in [-0.05, 0) is 0 Å². The van der Waals surface area contributed by atoms with Crippen LogP contribution in [0.2, 0.25) is 0 Å². The summed E-state index contributed by atoms with van der Waals surface area (Å²) in [5, 5.41) is 0.588. The molecule has 0 spiro atoms. The summed E-state index contributed by atoms with van der Waals surface area (Å²) in [5.74, 6) is 0. The molecule has 10 nitrogen and oxygen atoms in total. The summed E-state index contributed by atoms with van der Waals surface area (Å²) >= 11 is 2.00. The monoisotopic (exact) mass is 358 g/mol. The lowest BCUT2D eigenvalue weighted by Crippen LogP contribution is -2.08. The van der Waals surface area contributed by atoms with E-state index in [1.807, 2.05) is 0 Å². The van der Waals surface area contributed by atoms with Crippen molar-refractivity contribution in [1.82, 2.24) is 18.7 Å². The first kappa shape index (κ1) is 16.7.